The molecule has 0 bridgehead atoms. The zero-order valence-electron chi connectivity index (χ0n) is 19.6. The predicted octanol–water partition coefficient (Wildman–Crippen LogP) is 4.93. The average molecular weight is 603 g/mol. The molecule has 1 fully saturated rings. The highest BCUT2D eigenvalue weighted by Crippen LogP contribution is 2.37. The molecule has 12 heteroatoms. The molecule has 1 heterocycles. The van der Waals surface area contributed by atoms with Gasteiger partial charge in [-0.05, 0) is 88.2 Å². The lowest BCUT2D eigenvalue weighted by atomic mass is 10.1. The second-order valence-electron chi connectivity index (χ2n) is 7.81. The molecule has 0 radical (unpaired) electrons. The third-order valence-electron chi connectivity index (χ3n) is 5.22. The summed E-state index contributed by atoms with van der Waals surface area (Å²) in [6.45, 7) is -0.383. The third-order valence-corrected chi connectivity index (χ3v) is 6.07. The highest BCUT2D eigenvalue weighted by atomic mass is 79.9. The first-order chi connectivity index (χ1) is 18.2. The van der Waals surface area contributed by atoms with Gasteiger partial charge in [0.15, 0.2) is 18.1 Å². The number of ether oxygens (including phenoxy) is 2. The molecule has 1 aliphatic rings. The van der Waals surface area contributed by atoms with E-state index >= 15 is 0 Å². The first kappa shape index (κ1) is 26.8. The predicted molar refractivity (Wildman–Crippen MR) is 142 cm³/mol. The van der Waals surface area contributed by atoms with Crippen molar-refractivity contribution in [1.82, 2.24) is 5.32 Å². The van der Waals surface area contributed by atoms with Crippen LogP contribution in [0.15, 0.2) is 70.7 Å². The number of hydrogen-bond donors (Lipinski definition) is 2. The van der Waals surface area contributed by atoms with Gasteiger partial charge < -0.3 is 14.8 Å². The van der Waals surface area contributed by atoms with Crippen LogP contribution in [0.2, 0.25) is 5.02 Å². The van der Waals surface area contributed by atoms with Gasteiger partial charge in [0, 0.05) is 10.7 Å². The number of amides is 5. The molecular weight excluding hydrogens is 585 g/mol. The number of barbiturate groups is 1. The molecule has 3 aromatic rings. The van der Waals surface area contributed by atoms with Crippen LogP contribution in [-0.2, 0) is 14.4 Å². The molecule has 0 atom stereocenters. The molecule has 4 rings (SSSR count). The molecule has 0 aromatic heterocycles. The van der Waals surface area contributed by atoms with Gasteiger partial charge in [0.2, 0.25) is 0 Å². The summed E-state index contributed by atoms with van der Waals surface area (Å²) in [5, 5.41) is 5.14. The van der Waals surface area contributed by atoms with Gasteiger partial charge in [-0.3, -0.25) is 19.7 Å². The highest BCUT2D eigenvalue weighted by molar-refractivity contribution is 9.10. The van der Waals surface area contributed by atoms with Crippen molar-refractivity contribution in [2.75, 3.05) is 23.9 Å². The molecule has 2 N–H and O–H groups in total. The fraction of sp³-hybridized carbons (Fsp3) is 0.0769. The number of benzene rings is 3. The van der Waals surface area contributed by atoms with Crippen LogP contribution in [0, 0.1) is 5.82 Å². The van der Waals surface area contributed by atoms with Crippen molar-refractivity contribution < 1.29 is 33.0 Å². The lowest BCUT2D eigenvalue weighted by Gasteiger charge is -2.26. The van der Waals surface area contributed by atoms with Crippen molar-refractivity contribution in [1.29, 1.82) is 0 Å². The second kappa shape index (κ2) is 11.4. The second-order valence-corrected chi connectivity index (χ2v) is 9.10. The standard InChI is InChI=1S/C26H18BrClFN3O6/c1-37-21-12-14(11-20(27)23(21)38-13-22(33)30-17-6-4-16(29)5-7-17)10-19-24(34)31-26(36)32(25(19)35)18-8-2-15(28)3-9-18/h2-12H,13H2,1H3,(H,30,33)(H,31,34,36)/b19-10+. The van der Waals surface area contributed by atoms with E-state index in [1.54, 1.807) is 6.07 Å². The molecule has 1 aliphatic heterocycles. The normalized spacial score (nSPS) is 14.4. The van der Waals surface area contributed by atoms with Crippen molar-refractivity contribution >= 4 is 68.7 Å². The minimum absolute atomic E-state index is 0.196. The van der Waals surface area contributed by atoms with Gasteiger partial charge in [-0.15, -0.1) is 0 Å². The molecule has 194 valence electrons. The Morgan fingerprint density at radius 3 is 2.45 bits per heavy atom. The van der Waals surface area contributed by atoms with Crippen LogP contribution >= 0.6 is 27.5 Å². The van der Waals surface area contributed by atoms with Gasteiger partial charge in [-0.2, -0.15) is 0 Å². The van der Waals surface area contributed by atoms with E-state index < -0.39 is 29.6 Å². The zero-order valence-corrected chi connectivity index (χ0v) is 21.9. The summed E-state index contributed by atoms with van der Waals surface area (Å²) in [7, 11) is 1.38. The van der Waals surface area contributed by atoms with E-state index in [2.05, 4.69) is 26.6 Å². The number of nitrogens with one attached hydrogen (secondary N) is 2. The Morgan fingerprint density at radius 2 is 1.79 bits per heavy atom. The molecule has 1 saturated heterocycles. The average Bonchev–Trinajstić information content (AvgIpc) is 2.88. The maximum absolute atomic E-state index is 13.1. The Morgan fingerprint density at radius 1 is 1.11 bits per heavy atom. The van der Waals surface area contributed by atoms with Crippen molar-refractivity contribution in [3.63, 3.8) is 0 Å². The summed E-state index contributed by atoms with van der Waals surface area (Å²) < 4.78 is 24.4. The van der Waals surface area contributed by atoms with Crippen LogP contribution in [0.3, 0.4) is 0 Å². The largest absolute Gasteiger partial charge is 0.493 e. The number of urea groups is 1. The monoisotopic (exact) mass is 601 g/mol. The van der Waals surface area contributed by atoms with Crippen LogP contribution in [0.5, 0.6) is 11.5 Å². The summed E-state index contributed by atoms with van der Waals surface area (Å²) in [4.78, 5) is 51.1. The SMILES string of the molecule is COc1cc(/C=C2\C(=O)NC(=O)N(c3ccc(Cl)cc3)C2=O)cc(Br)c1OCC(=O)Nc1ccc(F)cc1. The first-order valence-corrected chi connectivity index (χ1v) is 12.1. The molecule has 3 aromatic carbocycles. The van der Waals surface area contributed by atoms with E-state index in [-0.39, 0.29) is 29.4 Å². The molecule has 5 amide bonds. The van der Waals surface area contributed by atoms with Crippen LogP contribution in [0.4, 0.5) is 20.6 Å². The van der Waals surface area contributed by atoms with Crippen LogP contribution in [-0.4, -0.2) is 37.5 Å². The van der Waals surface area contributed by atoms with Crippen molar-refractivity contribution in [3.8, 4) is 11.5 Å². The summed E-state index contributed by atoms with van der Waals surface area (Å²) in [6.07, 6.45) is 1.30. The van der Waals surface area contributed by atoms with E-state index in [1.165, 1.54) is 67.8 Å². The zero-order chi connectivity index (χ0) is 27.4. The molecule has 0 aliphatic carbocycles. The van der Waals surface area contributed by atoms with Crippen molar-refractivity contribution in [3.05, 3.63) is 87.1 Å². The Kier molecular flexibility index (Phi) is 8.08. The molecule has 0 spiro atoms. The fourth-order valence-corrected chi connectivity index (χ4v) is 4.18. The van der Waals surface area contributed by atoms with Crippen LogP contribution in [0.25, 0.3) is 6.08 Å². The number of halogens is 3. The van der Waals surface area contributed by atoms with E-state index in [4.69, 9.17) is 21.1 Å². The van der Waals surface area contributed by atoms with Gasteiger partial charge in [-0.1, -0.05) is 11.6 Å². The van der Waals surface area contributed by atoms with Crippen molar-refractivity contribution in [2.24, 2.45) is 0 Å². The van der Waals surface area contributed by atoms with Gasteiger partial charge in [0.1, 0.15) is 11.4 Å². The lowest BCUT2D eigenvalue weighted by Crippen LogP contribution is -2.54. The lowest BCUT2D eigenvalue weighted by molar-refractivity contribution is -0.122. The molecule has 0 unspecified atom stereocenters. The van der Waals surface area contributed by atoms with E-state index in [0.29, 0.717) is 20.7 Å². The number of anilines is 2. The summed E-state index contributed by atoms with van der Waals surface area (Å²) >= 11 is 9.24. The fourth-order valence-electron chi connectivity index (χ4n) is 3.48. The number of imide groups is 2. The summed E-state index contributed by atoms with van der Waals surface area (Å²) in [6, 6.07) is 13.4. The molecule has 0 saturated carbocycles. The third kappa shape index (κ3) is 6.01. The Hall–Kier alpha value is -4.22. The topological polar surface area (TPSA) is 114 Å². The molecule has 9 nitrogen and oxygen atoms in total. The number of carbonyl (C=O) groups is 4. The number of rotatable bonds is 7. The number of hydrogen-bond acceptors (Lipinski definition) is 6. The van der Waals surface area contributed by atoms with E-state index in [0.717, 1.165) is 4.90 Å². The quantitative estimate of drug-likeness (QED) is 0.293. The number of nitrogens with zero attached hydrogens (tertiary/aromatic N) is 1. The first-order valence-electron chi connectivity index (χ1n) is 10.9. The Labute approximate surface area is 229 Å². The van der Waals surface area contributed by atoms with Gasteiger partial charge >= 0.3 is 6.03 Å². The molecular formula is C26H18BrClFN3O6. The number of carbonyl (C=O) groups excluding carboxylic acids is 4. The van der Waals surface area contributed by atoms with Gasteiger partial charge in [-0.25, -0.2) is 14.1 Å². The maximum Gasteiger partial charge on any atom is 0.335 e. The van der Waals surface area contributed by atoms with Crippen LogP contribution < -0.4 is 25.0 Å². The number of methoxy groups -OCH3 is 1. The minimum atomic E-state index is -0.888. The summed E-state index contributed by atoms with van der Waals surface area (Å²) in [5.41, 5.74) is 0.716. The summed E-state index contributed by atoms with van der Waals surface area (Å²) in [5.74, 6) is -2.21. The molecule has 38 heavy (non-hydrogen) atoms. The highest BCUT2D eigenvalue weighted by Gasteiger charge is 2.36. The Balaban J connectivity index is 1.55. The minimum Gasteiger partial charge on any atom is -0.493 e. The van der Waals surface area contributed by atoms with Gasteiger partial charge in [0.05, 0.1) is 17.3 Å². The van der Waals surface area contributed by atoms with E-state index in [1.807, 2.05) is 0 Å². The Bertz CT molecular complexity index is 1460. The van der Waals surface area contributed by atoms with Crippen LogP contribution in [0.1, 0.15) is 5.56 Å². The maximum atomic E-state index is 13.1. The van der Waals surface area contributed by atoms with Gasteiger partial charge in [0.25, 0.3) is 17.7 Å². The van der Waals surface area contributed by atoms with Crippen molar-refractivity contribution in [2.45, 2.75) is 0 Å². The van der Waals surface area contributed by atoms with E-state index in [9.17, 15) is 23.6 Å². The smallest absolute Gasteiger partial charge is 0.335 e.